The summed E-state index contributed by atoms with van der Waals surface area (Å²) in [6.45, 7) is 0. The molecule has 0 bridgehead atoms. The molecular weight excluding hydrogens is 883 g/mol. The van der Waals surface area contributed by atoms with Crippen molar-refractivity contribution in [3.8, 4) is 56.7 Å². The lowest BCUT2D eigenvalue weighted by atomic mass is 10.0. The van der Waals surface area contributed by atoms with Gasteiger partial charge in [0.15, 0.2) is 17.5 Å². The lowest BCUT2D eigenvalue weighted by Gasteiger charge is -2.16. The maximum Gasteiger partial charge on any atom is 0.166 e. The second-order valence-corrected chi connectivity index (χ2v) is 19.4. The average Bonchev–Trinajstić information content (AvgIpc) is 4.10. The summed E-state index contributed by atoms with van der Waals surface area (Å²) in [5.74, 6) is 1.80. The van der Waals surface area contributed by atoms with Gasteiger partial charge in [-0.15, -0.1) is 11.3 Å². The molecule has 5 nitrogen and oxygen atoms in total. The highest BCUT2D eigenvalue weighted by Crippen LogP contribution is 2.46. The highest BCUT2D eigenvalue weighted by Gasteiger charge is 2.24. The quantitative estimate of drug-likeness (QED) is 0.167. The maximum atomic E-state index is 5.68. The zero-order chi connectivity index (χ0) is 46.6. The Morgan fingerprint density at radius 1 is 0.310 bits per heavy atom. The van der Waals surface area contributed by atoms with E-state index >= 15 is 0 Å². The molecule has 0 fully saturated rings. The molecule has 4 heterocycles. The SMILES string of the molecule is c1ccc(-c2cccc(-c3nc(-c4cc5sc6c7ccccc7ccc6c5cc4-n4c5ccccc5c5cc6ccccc6cc54)nc(-c4cccc5c6ccccc6n(-c6ccccc6)c45)n3)c2)cc1. The molecule has 0 unspecified atom stereocenters. The molecule has 0 N–H and O–H groups in total. The average molecular weight is 922 g/mol. The monoisotopic (exact) mass is 921 g/mol. The standard InChI is InChI=1S/C65H39N5S/c1-3-17-40(18-4-1)42-22-15-23-45(35-42)63-66-64(52-30-16-29-50-48-27-11-13-31-56(48)69(61(50)52)46-24-5-2-6-25-46)68-65(67-63)55-39-60-54(51-34-33-41-19-9-10-26-47(41)62(51)71-60)38-59(55)70-57-32-14-12-28-49(57)53-36-43-20-7-8-21-44(43)37-58(53)70/h1-39H. The van der Waals surface area contributed by atoms with Crippen LogP contribution in [0.4, 0.5) is 0 Å². The molecule has 0 aliphatic carbocycles. The van der Waals surface area contributed by atoms with E-state index < -0.39 is 0 Å². The number of hydrogen-bond donors (Lipinski definition) is 0. The van der Waals surface area contributed by atoms with E-state index in [0.29, 0.717) is 17.5 Å². The van der Waals surface area contributed by atoms with Crippen molar-refractivity contribution in [3.05, 3.63) is 237 Å². The van der Waals surface area contributed by atoms with E-state index in [1.807, 2.05) is 11.3 Å². The van der Waals surface area contributed by atoms with E-state index in [1.165, 1.54) is 57.9 Å². The summed E-state index contributed by atoms with van der Waals surface area (Å²) >= 11 is 1.84. The third-order valence-corrected chi connectivity index (χ3v) is 15.5. The first-order valence-corrected chi connectivity index (χ1v) is 24.8. The van der Waals surface area contributed by atoms with Gasteiger partial charge in [-0.3, -0.25) is 0 Å². The number of rotatable bonds is 6. The maximum absolute atomic E-state index is 5.68. The fourth-order valence-electron chi connectivity index (χ4n) is 11.1. The van der Waals surface area contributed by atoms with Crippen LogP contribution in [0.1, 0.15) is 0 Å². The second kappa shape index (κ2) is 15.7. The van der Waals surface area contributed by atoms with E-state index in [0.717, 1.165) is 66.6 Å². The van der Waals surface area contributed by atoms with Crippen molar-refractivity contribution < 1.29 is 0 Å². The number of fused-ring (bicyclic) bond motifs is 12. The Balaban J connectivity index is 1.08. The zero-order valence-corrected chi connectivity index (χ0v) is 39.0. The summed E-state index contributed by atoms with van der Waals surface area (Å²) in [5.41, 5.74) is 11.5. The Labute approximate surface area is 411 Å². The number of nitrogens with zero attached hydrogens (tertiary/aromatic N) is 5. The highest BCUT2D eigenvalue weighted by atomic mass is 32.1. The molecule has 6 heteroatoms. The Morgan fingerprint density at radius 2 is 0.901 bits per heavy atom. The number of para-hydroxylation sites is 4. The minimum absolute atomic E-state index is 0.598. The van der Waals surface area contributed by atoms with Gasteiger partial charge < -0.3 is 9.13 Å². The van der Waals surface area contributed by atoms with Gasteiger partial charge in [-0.2, -0.15) is 0 Å². The van der Waals surface area contributed by atoms with Gasteiger partial charge in [-0.1, -0.05) is 176 Å². The van der Waals surface area contributed by atoms with Crippen LogP contribution in [-0.4, -0.2) is 24.1 Å². The van der Waals surface area contributed by atoms with Crippen LogP contribution in [0.3, 0.4) is 0 Å². The van der Waals surface area contributed by atoms with Gasteiger partial charge in [0.05, 0.1) is 27.8 Å². The normalized spacial score (nSPS) is 11.9. The molecule has 0 aliphatic rings. The van der Waals surface area contributed by atoms with Crippen LogP contribution in [0.2, 0.25) is 0 Å². The van der Waals surface area contributed by atoms with Gasteiger partial charge >= 0.3 is 0 Å². The number of benzene rings is 11. The molecule has 11 aromatic carbocycles. The van der Waals surface area contributed by atoms with Crippen LogP contribution in [0.15, 0.2) is 237 Å². The van der Waals surface area contributed by atoms with Gasteiger partial charge in [0.25, 0.3) is 0 Å². The fraction of sp³-hybridized carbons (Fsp3) is 0. The fourth-order valence-corrected chi connectivity index (χ4v) is 12.3. The molecule has 0 aliphatic heterocycles. The minimum atomic E-state index is 0.598. The molecule has 0 atom stereocenters. The summed E-state index contributed by atoms with van der Waals surface area (Å²) in [5, 5.41) is 12.0. The van der Waals surface area contributed by atoms with Crippen molar-refractivity contribution in [1.29, 1.82) is 0 Å². The molecule has 0 saturated heterocycles. The predicted molar refractivity (Wildman–Crippen MR) is 298 cm³/mol. The molecule has 0 spiro atoms. The van der Waals surface area contributed by atoms with Gasteiger partial charge in [-0.25, -0.2) is 15.0 Å². The van der Waals surface area contributed by atoms with Gasteiger partial charge in [0.1, 0.15) is 0 Å². The third kappa shape index (κ3) is 6.22. The highest BCUT2D eigenvalue weighted by molar-refractivity contribution is 7.26. The van der Waals surface area contributed by atoms with Crippen LogP contribution in [-0.2, 0) is 0 Å². The Hall–Kier alpha value is -9.23. The summed E-state index contributed by atoms with van der Waals surface area (Å²) in [6.07, 6.45) is 0. The van der Waals surface area contributed by atoms with Gasteiger partial charge in [0, 0.05) is 64.1 Å². The van der Waals surface area contributed by atoms with E-state index in [9.17, 15) is 0 Å². The molecule has 0 saturated carbocycles. The summed E-state index contributed by atoms with van der Waals surface area (Å²) in [6, 6.07) is 85.1. The lowest BCUT2D eigenvalue weighted by Crippen LogP contribution is -2.04. The van der Waals surface area contributed by atoms with E-state index in [2.05, 4.69) is 246 Å². The first-order valence-electron chi connectivity index (χ1n) is 24.0. The molecule has 71 heavy (non-hydrogen) atoms. The number of aromatic nitrogens is 5. The molecule has 0 radical (unpaired) electrons. The Kier molecular flexibility index (Phi) is 8.76. The molecule has 330 valence electrons. The number of hydrogen-bond acceptors (Lipinski definition) is 4. The van der Waals surface area contributed by atoms with Crippen molar-refractivity contribution in [3.63, 3.8) is 0 Å². The molecule has 0 amide bonds. The smallest absolute Gasteiger partial charge is 0.166 e. The third-order valence-electron chi connectivity index (χ3n) is 14.3. The van der Waals surface area contributed by atoms with Crippen LogP contribution >= 0.6 is 11.3 Å². The van der Waals surface area contributed by atoms with Crippen molar-refractivity contribution in [2.75, 3.05) is 0 Å². The summed E-state index contributed by atoms with van der Waals surface area (Å²) in [7, 11) is 0. The molecular formula is C65H39N5S. The Bertz CT molecular complexity index is 4640. The predicted octanol–water partition coefficient (Wildman–Crippen LogP) is 17.4. The Morgan fingerprint density at radius 3 is 1.70 bits per heavy atom. The molecule has 15 rings (SSSR count). The lowest BCUT2D eigenvalue weighted by molar-refractivity contribution is 1.06. The van der Waals surface area contributed by atoms with E-state index in [-0.39, 0.29) is 0 Å². The van der Waals surface area contributed by atoms with Crippen LogP contribution < -0.4 is 0 Å². The molecule has 15 aromatic rings. The first kappa shape index (κ1) is 39.7. The van der Waals surface area contributed by atoms with Crippen LogP contribution in [0.5, 0.6) is 0 Å². The van der Waals surface area contributed by atoms with Crippen LogP contribution in [0.25, 0.3) is 142 Å². The van der Waals surface area contributed by atoms with E-state index in [1.54, 1.807) is 0 Å². The van der Waals surface area contributed by atoms with Crippen molar-refractivity contribution in [1.82, 2.24) is 24.1 Å². The minimum Gasteiger partial charge on any atom is -0.309 e. The topological polar surface area (TPSA) is 48.5 Å². The molecule has 4 aromatic heterocycles. The van der Waals surface area contributed by atoms with Gasteiger partial charge in [0.2, 0.25) is 0 Å². The first-order chi connectivity index (χ1) is 35.2. The number of thiophene rings is 1. The van der Waals surface area contributed by atoms with Crippen molar-refractivity contribution in [2.24, 2.45) is 0 Å². The summed E-state index contributed by atoms with van der Waals surface area (Å²) < 4.78 is 7.25. The summed E-state index contributed by atoms with van der Waals surface area (Å²) in [4.78, 5) is 16.8. The van der Waals surface area contributed by atoms with Crippen molar-refractivity contribution >= 4 is 96.7 Å². The van der Waals surface area contributed by atoms with E-state index in [4.69, 9.17) is 15.0 Å². The second-order valence-electron chi connectivity index (χ2n) is 18.3. The van der Waals surface area contributed by atoms with Crippen molar-refractivity contribution in [2.45, 2.75) is 0 Å². The zero-order valence-electron chi connectivity index (χ0n) is 38.2. The van der Waals surface area contributed by atoms with Crippen LogP contribution in [0, 0.1) is 0 Å². The van der Waals surface area contributed by atoms with Gasteiger partial charge in [-0.05, 0) is 93.3 Å². The largest absolute Gasteiger partial charge is 0.309 e.